The second-order valence-corrected chi connectivity index (χ2v) is 15.2. The quantitative estimate of drug-likeness (QED) is 0.230. The molecular formula is C41H50F3N3O3. The van der Waals surface area contributed by atoms with Crippen molar-refractivity contribution in [1.82, 2.24) is 10.3 Å². The number of carbonyl (C=O) groups excluding carboxylic acids is 1. The van der Waals surface area contributed by atoms with Crippen LogP contribution in [0.4, 0.5) is 13.2 Å². The Balaban J connectivity index is 1.29. The molecule has 0 saturated heterocycles. The smallest absolute Gasteiger partial charge is 0.417 e. The molecule has 1 aliphatic heterocycles. The van der Waals surface area contributed by atoms with Gasteiger partial charge in [0.25, 0.3) is 5.91 Å². The number of carbonyl (C=O) groups is 1. The number of alkyl halides is 3. The molecule has 7 unspecified atom stereocenters. The predicted octanol–water partition coefficient (Wildman–Crippen LogP) is 9.45. The Bertz CT molecular complexity index is 1740. The molecule has 268 valence electrons. The molecule has 2 aliphatic carbocycles. The van der Waals surface area contributed by atoms with Gasteiger partial charge in [-0.25, -0.2) is 4.98 Å². The summed E-state index contributed by atoms with van der Waals surface area (Å²) in [6.45, 7) is 12.6. The van der Waals surface area contributed by atoms with E-state index in [9.17, 15) is 18.0 Å². The van der Waals surface area contributed by atoms with Crippen molar-refractivity contribution in [2.24, 2.45) is 28.2 Å². The molecule has 2 fully saturated rings. The summed E-state index contributed by atoms with van der Waals surface area (Å²) in [7, 11) is 1.58. The number of aliphatic imine (C=N–C) groups is 1. The molecule has 6 rings (SSSR count). The Morgan fingerprint density at radius 3 is 2.32 bits per heavy atom. The third-order valence-corrected chi connectivity index (χ3v) is 12.3. The number of ether oxygens (including phenoxy) is 2. The Morgan fingerprint density at radius 2 is 1.74 bits per heavy atom. The van der Waals surface area contributed by atoms with Crippen molar-refractivity contribution in [3.05, 3.63) is 88.1 Å². The molecule has 2 aromatic carbocycles. The van der Waals surface area contributed by atoms with E-state index in [1.165, 1.54) is 24.8 Å². The molecule has 6 nitrogen and oxygen atoms in total. The third-order valence-electron chi connectivity index (χ3n) is 12.3. The summed E-state index contributed by atoms with van der Waals surface area (Å²) < 4.78 is 55.7. The number of rotatable bonds is 10. The van der Waals surface area contributed by atoms with Gasteiger partial charge in [-0.15, -0.1) is 0 Å². The average molecular weight is 690 g/mol. The van der Waals surface area contributed by atoms with Crippen LogP contribution in [0.15, 0.2) is 59.6 Å². The van der Waals surface area contributed by atoms with E-state index in [1.807, 2.05) is 45.0 Å². The summed E-state index contributed by atoms with van der Waals surface area (Å²) in [5, 5.41) is 2.84. The Hall–Kier alpha value is -3.88. The number of nitrogens with zero attached hydrogens (tertiary/aromatic N) is 2. The van der Waals surface area contributed by atoms with Crippen LogP contribution in [0.1, 0.15) is 119 Å². The first-order valence-corrected chi connectivity index (χ1v) is 18.1. The second kappa shape index (κ2) is 13.7. The topological polar surface area (TPSA) is 72.8 Å². The van der Waals surface area contributed by atoms with Crippen LogP contribution < -0.4 is 14.8 Å². The lowest BCUT2D eigenvalue weighted by Gasteiger charge is -2.32. The second-order valence-electron chi connectivity index (χ2n) is 15.2. The van der Waals surface area contributed by atoms with E-state index in [0.717, 1.165) is 24.5 Å². The Morgan fingerprint density at radius 1 is 1.04 bits per heavy atom. The minimum absolute atomic E-state index is 0.00373. The summed E-state index contributed by atoms with van der Waals surface area (Å²) >= 11 is 0. The van der Waals surface area contributed by atoms with E-state index in [0.29, 0.717) is 35.4 Å². The summed E-state index contributed by atoms with van der Waals surface area (Å²) in [4.78, 5) is 22.3. The standard InChI is InChI=1S/C41H50F3N3O3/c1-8-39(6)23-40(39,32-11-9-10-24(32)2)30-16-12-29(13-17-30)38-36-33(41(42,43)44)20-35(47-37(36)26(4)25(3)21-45-38)50-22-34(48)46-27(5)28-14-18-31(49-7)19-15-28/h12-20,24-27,32H,8-11,21-23H2,1-7H3,(H,46,48). The van der Waals surface area contributed by atoms with Crippen molar-refractivity contribution in [2.75, 3.05) is 20.3 Å². The van der Waals surface area contributed by atoms with Crippen molar-refractivity contribution in [1.29, 1.82) is 0 Å². The fraction of sp³-hybridized carbons (Fsp3) is 0.537. The molecule has 1 N–H and O–H groups in total. The highest BCUT2D eigenvalue weighted by molar-refractivity contribution is 6.15. The monoisotopic (exact) mass is 689 g/mol. The van der Waals surface area contributed by atoms with Gasteiger partial charge in [-0.05, 0) is 72.6 Å². The first-order valence-electron chi connectivity index (χ1n) is 18.1. The normalized spacial score (nSPS) is 28.2. The molecular weight excluding hydrogens is 639 g/mol. The average Bonchev–Trinajstić information content (AvgIpc) is 3.55. The maximum atomic E-state index is 15.0. The number of benzene rings is 2. The van der Waals surface area contributed by atoms with E-state index < -0.39 is 24.3 Å². The Kier molecular flexibility index (Phi) is 9.83. The molecule has 2 heterocycles. The summed E-state index contributed by atoms with van der Waals surface area (Å²) in [6, 6.07) is 16.1. The number of aromatic nitrogens is 1. The first kappa shape index (κ1) is 35.9. The molecule has 2 saturated carbocycles. The van der Waals surface area contributed by atoms with Crippen LogP contribution >= 0.6 is 0 Å². The highest BCUT2D eigenvalue weighted by Crippen LogP contribution is 2.73. The van der Waals surface area contributed by atoms with Gasteiger partial charge >= 0.3 is 6.18 Å². The van der Waals surface area contributed by atoms with Crippen molar-refractivity contribution in [3.8, 4) is 11.6 Å². The predicted molar refractivity (Wildman–Crippen MR) is 190 cm³/mol. The van der Waals surface area contributed by atoms with E-state index >= 15 is 0 Å². The largest absolute Gasteiger partial charge is 0.497 e. The minimum atomic E-state index is -4.70. The fourth-order valence-corrected chi connectivity index (χ4v) is 8.85. The van der Waals surface area contributed by atoms with Gasteiger partial charge in [0.1, 0.15) is 5.75 Å². The van der Waals surface area contributed by atoms with E-state index in [-0.39, 0.29) is 45.8 Å². The maximum Gasteiger partial charge on any atom is 0.417 e. The number of hydrogen-bond donors (Lipinski definition) is 1. The van der Waals surface area contributed by atoms with Crippen LogP contribution in [0.25, 0.3) is 0 Å². The first-order chi connectivity index (χ1) is 23.7. The van der Waals surface area contributed by atoms with Crippen LogP contribution in [0.3, 0.4) is 0 Å². The molecule has 0 radical (unpaired) electrons. The van der Waals surface area contributed by atoms with Gasteiger partial charge in [0.2, 0.25) is 5.88 Å². The van der Waals surface area contributed by atoms with E-state index in [1.54, 1.807) is 19.2 Å². The molecule has 0 spiro atoms. The number of amides is 1. The van der Waals surface area contributed by atoms with E-state index in [4.69, 9.17) is 14.5 Å². The Labute approximate surface area is 294 Å². The van der Waals surface area contributed by atoms with Gasteiger partial charge < -0.3 is 14.8 Å². The van der Waals surface area contributed by atoms with Gasteiger partial charge in [0, 0.05) is 35.1 Å². The van der Waals surface area contributed by atoms with Crippen molar-refractivity contribution in [2.45, 2.75) is 97.2 Å². The lowest BCUT2D eigenvalue weighted by molar-refractivity contribution is -0.137. The number of nitrogens with one attached hydrogen (secondary N) is 1. The number of methoxy groups -OCH3 is 1. The highest BCUT2D eigenvalue weighted by atomic mass is 19.4. The van der Waals surface area contributed by atoms with Crippen LogP contribution in [0, 0.1) is 23.2 Å². The van der Waals surface area contributed by atoms with E-state index in [2.05, 4.69) is 43.2 Å². The lowest BCUT2D eigenvalue weighted by Crippen LogP contribution is -2.31. The molecule has 9 heteroatoms. The molecule has 1 aromatic heterocycles. The van der Waals surface area contributed by atoms with Crippen molar-refractivity contribution < 1.29 is 27.4 Å². The summed E-state index contributed by atoms with van der Waals surface area (Å²) in [5.41, 5.74) is 2.85. The molecule has 1 amide bonds. The number of fused-ring (bicyclic) bond motifs is 1. The van der Waals surface area contributed by atoms with Crippen LogP contribution in [-0.2, 0) is 16.4 Å². The molecule has 0 bridgehead atoms. The third kappa shape index (κ3) is 6.53. The highest BCUT2D eigenvalue weighted by Gasteiger charge is 2.68. The SMILES string of the molecule is CCC1(C)CC1(c1ccc(C2=NCC(C)C(C)c3nc(OCC(=O)NC(C)c4ccc(OC)cc4)cc(C(F)(F)F)c32)cc1)C1CCCC1C. The van der Waals surface area contributed by atoms with Gasteiger partial charge in [-0.2, -0.15) is 13.2 Å². The van der Waals surface area contributed by atoms with Gasteiger partial charge in [-0.3, -0.25) is 9.79 Å². The maximum absolute atomic E-state index is 15.0. The summed E-state index contributed by atoms with van der Waals surface area (Å²) in [6.07, 6.45) is 1.27. The molecule has 3 aliphatic rings. The van der Waals surface area contributed by atoms with Crippen LogP contribution in [-0.4, -0.2) is 36.9 Å². The number of hydrogen-bond acceptors (Lipinski definition) is 5. The van der Waals surface area contributed by atoms with Crippen molar-refractivity contribution >= 4 is 11.6 Å². The number of pyridine rings is 1. The molecule has 50 heavy (non-hydrogen) atoms. The molecule has 3 aromatic rings. The summed E-state index contributed by atoms with van der Waals surface area (Å²) in [5.74, 6) is 0.863. The molecule has 7 atom stereocenters. The zero-order chi connectivity index (χ0) is 36.0. The van der Waals surface area contributed by atoms with Gasteiger partial charge in [-0.1, -0.05) is 83.9 Å². The van der Waals surface area contributed by atoms with Crippen LogP contribution in [0.5, 0.6) is 11.6 Å². The lowest BCUT2D eigenvalue weighted by atomic mass is 9.71. The van der Waals surface area contributed by atoms with Gasteiger partial charge in [0.05, 0.1) is 30.1 Å². The van der Waals surface area contributed by atoms with Gasteiger partial charge in [0.15, 0.2) is 6.61 Å². The zero-order valence-electron chi connectivity index (χ0n) is 30.3. The fourth-order valence-electron chi connectivity index (χ4n) is 8.85. The minimum Gasteiger partial charge on any atom is -0.497 e. The number of halogens is 3. The van der Waals surface area contributed by atoms with Crippen LogP contribution in [0.2, 0.25) is 0 Å². The zero-order valence-corrected chi connectivity index (χ0v) is 30.3. The van der Waals surface area contributed by atoms with Crippen molar-refractivity contribution in [3.63, 3.8) is 0 Å².